The molecule has 1 aromatic rings. The lowest BCUT2D eigenvalue weighted by molar-refractivity contribution is -0.127. The first-order valence-electron chi connectivity index (χ1n) is 4.54. The highest BCUT2D eigenvalue weighted by atomic mass is 19.4. The van der Waals surface area contributed by atoms with Crippen molar-refractivity contribution in [3.63, 3.8) is 0 Å². The van der Waals surface area contributed by atoms with E-state index in [1.54, 1.807) is 30.4 Å². The summed E-state index contributed by atoms with van der Waals surface area (Å²) in [6.45, 7) is 0.320. The van der Waals surface area contributed by atoms with Gasteiger partial charge in [0.15, 0.2) is 0 Å². The fraction of sp³-hybridized carbons (Fsp3) is 0.273. The lowest BCUT2D eigenvalue weighted by atomic mass is 10.0. The van der Waals surface area contributed by atoms with Gasteiger partial charge in [-0.15, -0.1) is 0 Å². The van der Waals surface area contributed by atoms with E-state index in [9.17, 15) is 13.2 Å². The Morgan fingerprint density at radius 1 is 1.20 bits per heavy atom. The molecule has 0 unspecified atom stereocenters. The molecule has 0 bridgehead atoms. The molecule has 1 nitrogen and oxygen atoms in total. The third-order valence-electron chi connectivity index (χ3n) is 1.88. The van der Waals surface area contributed by atoms with Crippen LogP contribution in [0.5, 0.6) is 0 Å². The predicted molar refractivity (Wildman–Crippen MR) is 54.3 cm³/mol. The number of hydrogen-bond acceptors (Lipinski definition) is 1. The highest BCUT2D eigenvalue weighted by molar-refractivity contribution is 5.54. The molecule has 0 aromatic heterocycles. The van der Waals surface area contributed by atoms with Gasteiger partial charge >= 0.3 is 6.18 Å². The zero-order chi connectivity index (χ0) is 11.3. The van der Waals surface area contributed by atoms with E-state index in [1.165, 1.54) is 6.07 Å². The molecule has 0 spiro atoms. The number of benzene rings is 1. The summed E-state index contributed by atoms with van der Waals surface area (Å²) >= 11 is 0. The second kappa shape index (κ2) is 4.98. The molecule has 2 N–H and O–H groups in total. The Labute approximate surface area is 86.4 Å². The molecule has 0 aliphatic carbocycles. The lowest BCUT2D eigenvalue weighted by Gasteiger charge is -2.08. The molecule has 1 aromatic carbocycles. The highest BCUT2D eigenvalue weighted by Crippen LogP contribution is 2.23. The van der Waals surface area contributed by atoms with E-state index >= 15 is 0 Å². The summed E-state index contributed by atoms with van der Waals surface area (Å²) in [6.07, 6.45) is -1.83. The molecular formula is C11H12F3N. The smallest absolute Gasteiger partial charge is 0.327 e. The van der Waals surface area contributed by atoms with Gasteiger partial charge in [0.25, 0.3) is 0 Å². The molecule has 0 heterocycles. The van der Waals surface area contributed by atoms with Crippen LogP contribution in [0.25, 0.3) is 6.08 Å². The van der Waals surface area contributed by atoms with Gasteiger partial charge in [0, 0.05) is 6.54 Å². The van der Waals surface area contributed by atoms with Gasteiger partial charge in [-0.1, -0.05) is 36.4 Å². The topological polar surface area (TPSA) is 26.0 Å². The van der Waals surface area contributed by atoms with Gasteiger partial charge in [-0.05, 0) is 11.1 Å². The number of hydrogen-bond donors (Lipinski definition) is 1. The molecule has 0 aliphatic heterocycles. The van der Waals surface area contributed by atoms with Crippen LogP contribution in [0.15, 0.2) is 30.3 Å². The van der Waals surface area contributed by atoms with Gasteiger partial charge in [0.05, 0.1) is 6.42 Å². The minimum atomic E-state index is -4.17. The maximum absolute atomic E-state index is 12.2. The largest absolute Gasteiger partial charge is 0.393 e. The van der Waals surface area contributed by atoms with Crippen molar-refractivity contribution in [3.8, 4) is 0 Å². The molecule has 0 saturated carbocycles. The van der Waals surface area contributed by atoms with Crippen LogP contribution >= 0.6 is 0 Å². The van der Waals surface area contributed by atoms with Crippen LogP contribution in [-0.4, -0.2) is 12.7 Å². The fourth-order valence-electron chi connectivity index (χ4n) is 1.27. The van der Waals surface area contributed by atoms with Gasteiger partial charge < -0.3 is 5.73 Å². The Balaban J connectivity index is 2.91. The van der Waals surface area contributed by atoms with Crippen molar-refractivity contribution >= 4 is 6.08 Å². The maximum Gasteiger partial charge on any atom is 0.393 e. The van der Waals surface area contributed by atoms with E-state index in [-0.39, 0.29) is 5.56 Å². The van der Waals surface area contributed by atoms with Gasteiger partial charge in [-0.3, -0.25) is 0 Å². The number of alkyl halides is 3. The van der Waals surface area contributed by atoms with Crippen LogP contribution in [-0.2, 0) is 6.42 Å². The van der Waals surface area contributed by atoms with Crippen LogP contribution in [0.3, 0.4) is 0 Å². The monoisotopic (exact) mass is 215 g/mol. The standard InChI is InChI=1S/C11H12F3N/c12-11(13,14)8-10-5-2-1-4-9(10)6-3-7-15/h1-6H,7-8,15H2/b6-3+. The van der Waals surface area contributed by atoms with Crippen molar-refractivity contribution in [1.29, 1.82) is 0 Å². The number of halogens is 3. The summed E-state index contributed by atoms with van der Waals surface area (Å²) in [6, 6.07) is 6.42. The Hall–Kier alpha value is -1.29. The molecule has 15 heavy (non-hydrogen) atoms. The van der Waals surface area contributed by atoms with E-state index in [2.05, 4.69) is 0 Å². The molecule has 82 valence electrons. The van der Waals surface area contributed by atoms with Crippen molar-refractivity contribution in [2.45, 2.75) is 12.6 Å². The van der Waals surface area contributed by atoms with E-state index in [4.69, 9.17) is 5.73 Å². The molecule has 1 rings (SSSR count). The van der Waals surface area contributed by atoms with Crippen LogP contribution < -0.4 is 5.73 Å². The Morgan fingerprint density at radius 2 is 1.87 bits per heavy atom. The summed E-state index contributed by atoms with van der Waals surface area (Å²) in [5.41, 5.74) is 6.09. The summed E-state index contributed by atoms with van der Waals surface area (Å²) < 4.78 is 36.6. The second-order valence-corrected chi connectivity index (χ2v) is 3.13. The normalized spacial score (nSPS) is 12.3. The zero-order valence-electron chi connectivity index (χ0n) is 8.09. The minimum Gasteiger partial charge on any atom is -0.327 e. The van der Waals surface area contributed by atoms with E-state index in [1.807, 2.05) is 0 Å². The third kappa shape index (κ3) is 4.16. The Bertz CT molecular complexity index is 342. The van der Waals surface area contributed by atoms with E-state index in [0.29, 0.717) is 12.1 Å². The van der Waals surface area contributed by atoms with Gasteiger partial charge in [0.1, 0.15) is 0 Å². The zero-order valence-corrected chi connectivity index (χ0v) is 8.09. The first kappa shape index (κ1) is 11.8. The van der Waals surface area contributed by atoms with Gasteiger partial charge in [0.2, 0.25) is 0 Å². The first-order valence-corrected chi connectivity index (χ1v) is 4.54. The predicted octanol–water partition coefficient (Wildman–Crippen LogP) is 2.76. The molecule has 0 atom stereocenters. The van der Waals surface area contributed by atoms with Crippen molar-refractivity contribution in [1.82, 2.24) is 0 Å². The third-order valence-corrected chi connectivity index (χ3v) is 1.88. The molecule has 0 aliphatic rings. The van der Waals surface area contributed by atoms with Crippen molar-refractivity contribution < 1.29 is 13.2 Å². The number of nitrogens with two attached hydrogens (primary N) is 1. The highest BCUT2D eigenvalue weighted by Gasteiger charge is 2.28. The van der Waals surface area contributed by atoms with Crippen LogP contribution in [0.1, 0.15) is 11.1 Å². The molecule has 0 amide bonds. The SMILES string of the molecule is NC/C=C/c1ccccc1CC(F)(F)F. The van der Waals surface area contributed by atoms with E-state index in [0.717, 1.165) is 0 Å². The van der Waals surface area contributed by atoms with Crippen LogP contribution in [0.4, 0.5) is 13.2 Å². The van der Waals surface area contributed by atoms with Crippen LogP contribution in [0, 0.1) is 0 Å². The minimum absolute atomic E-state index is 0.273. The lowest BCUT2D eigenvalue weighted by Crippen LogP contribution is -2.12. The summed E-state index contributed by atoms with van der Waals surface area (Å²) in [7, 11) is 0. The summed E-state index contributed by atoms with van der Waals surface area (Å²) in [5.74, 6) is 0. The molecule has 0 saturated heterocycles. The molecule has 0 radical (unpaired) electrons. The fourth-order valence-corrected chi connectivity index (χ4v) is 1.27. The summed E-state index contributed by atoms with van der Waals surface area (Å²) in [4.78, 5) is 0. The Kier molecular flexibility index (Phi) is 3.91. The second-order valence-electron chi connectivity index (χ2n) is 3.13. The average Bonchev–Trinajstić information content (AvgIpc) is 2.14. The Morgan fingerprint density at radius 3 is 2.47 bits per heavy atom. The quantitative estimate of drug-likeness (QED) is 0.824. The van der Waals surface area contributed by atoms with Crippen molar-refractivity contribution in [2.24, 2.45) is 5.73 Å². The molecule has 4 heteroatoms. The maximum atomic E-state index is 12.2. The molecule has 0 fully saturated rings. The van der Waals surface area contributed by atoms with Crippen molar-refractivity contribution in [2.75, 3.05) is 6.54 Å². The van der Waals surface area contributed by atoms with Crippen molar-refractivity contribution in [3.05, 3.63) is 41.5 Å². The van der Waals surface area contributed by atoms with E-state index < -0.39 is 12.6 Å². The number of rotatable bonds is 3. The molecular weight excluding hydrogens is 203 g/mol. The van der Waals surface area contributed by atoms with Crippen LogP contribution in [0.2, 0.25) is 0 Å². The summed E-state index contributed by atoms with van der Waals surface area (Å²) in [5, 5.41) is 0. The average molecular weight is 215 g/mol. The van der Waals surface area contributed by atoms with Gasteiger partial charge in [-0.2, -0.15) is 13.2 Å². The van der Waals surface area contributed by atoms with Gasteiger partial charge in [-0.25, -0.2) is 0 Å². The first-order chi connectivity index (χ1) is 7.03.